The first-order valence-electron chi connectivity index (χ1n) is 4.83. The van der Waals surface area contributed by atoms with Gasteiger partial charge in [-0.1, -0.05) is 18.2 Å². The summed E-state index contributed by atoms with van der Waals surface area (Å²) in [7, 11) is 1.74. The standard InChI is InChI=1S/C11H12N2O2/c1-3-15-11(14)10-8-6-4-5-7-9(8)12-13(10)2/h4-7H,3H2,1-2H3. The minimum atomic E-state index is -0.325. The molecular weight excluding hydrogens is 192 g/mol. The minimum Gasteiger partial charge on any atom is -0.461 e. The summed E-state index contributed by atoms with van der Waals surface area (Å²) in [5.41, 5.74) is 1.32. The molecule has 2 rings (SSSR count). The Labute approximate surface area is 87.5 Å². The summed E-state index contributed by atoms with van der Waals surface area (Å²) in [6.07, 6.45) is 0. The third-order valence-corrected chi connectivity index (χ3v) is 2.21. The van der Waals surface area contributed by atoms with E-state index in [1.165, 1.54) is 0 Å². The lowest BCUT2D eigenvalue weighted by atomic mass is 10.2. The maximum Gasteiger partial charge on any atom is 0.357 e. The van der Waals surface area contributed by atoms with Gasteiger partial charge in [-0.3, -0.25) is 4.68 Å². The largest absolute Gasteiger partial charge is 0.461 e. The fraction of sp³-hybridized carbons (Fsp3) is 0.273. The lowest BCUT2D eigenvalue weighted by Crippen LogP contribution is -2.10. The first-order valence-corrected chi connectivity index (χ1v) is 4.83. The van der Waals surface area contributed by atoms with Crippen LogP contribution >= 0.6 is 0 Å². The Bertz CT molecular complexity index is 502. The lowest BCUT2D eigenvalue weighted by molar-refractivity contribution is 0.0516. The quantitative estimate of drug-likeness (QED) is 0.700. The number of carbonyl (C=O) groups is 1. The number of ether oxygens (including phenoxy) is 1. The van der Waals surface area contributed by atoms with E-state index in [9.17, 15) is 4.79 Å². The molecule has 0 atom stereocenters. The molecule has 2 aromatic rings. The molecule has 0 aliphatic rings. The van der Waals surface area contributed by atoms with Gasteiger partial charge in [0.1, 0.15) is 0 Å². The van der Waals surface area contributed by atoms with E-state index in [-0.39, 0.29) is 5.97 Å². The van der Waals surface area contributed by atoms with Crippen molar-refractivity contribution >= 4 is 16.9 Å². The number of nitrogens with zero attached hydrogens (tertiary/aromatic N) is 2. The summed E-state index contributed by atoms with van der Waals surface area (Å²) in [6, 6.07) is 7.52. The molecular formula is C11H12N2O2. The Hall–Kier alpha value is -1.84. The Kier molecular flexibility index (Phi) is 2.41. The van der Waals surface area contributed by atoms with Crippen LogP contribution in [0.25, 0.3) is 10.9 Å². The number of aryl methyl sites for hydroxylation is 1. The zero-order valence-electron chi connectivity index (χ0n) is 8.73. The molecule has 78 valence electrons. The molecule has 0 radical (unpaired) electrons. The van der Waals surface area contributed by atoms with E-state index in [2.05, 4.69) is 5.10 Å². The van der Waals surface area contributed by atoms with Crippen molar-refractivity contribution in [3.63, 3.8) is 0 Å². The van der Waals surface area contributed by atoms with Gasteiger partial charge in [-0.2, -0.15) is 5.10 Å². The van der Waals surface area contributed by atoms with Crippen LogP contribution in [-0.2, 0) is 11.8 Å². The van der Waals surface area contributed by atoms with E-state index in [0.29, 0.717) is 12.3 Å². The number of carbonyl (C=O) groups excluding carboxylic acids is 1. The van der Waals surface area contributed by atoms with Crippen molar-refractivity contribution in [3.05, 3.63) is 30.0 Å². The normalized spacial score (nSPS) is 10.5. The Balaban J connectivity index is 2.58. The minimum absolute atomic E-state index is 0.325. The van der Waals surface area contributed by atoms with Crippen molar-refractivity contribution in [3.8, 4) is 0 Å². The van der Waals surface area contributed by atoms with E-state index in [1.54, 1.807) is 18.7 Å². The third kappa shape index (κ3) is 1.58. The molecule has 0 aliphatic heterocycles. The second-order valence-corrected chi connectivity index (χ2v) is 3.21. The zero-order valence-corrected chi connectivity index (χ0v) is 8.73. The summed E-state index contributed by atoms with van der Waals surface area (Å²) in [6.45, 7) is 2.16. The second kappa shape index (κ2) is 3.73. The smallest absolute Gasteiger partial charge is 0.357 e. The van der Waals surface area contributed by atoms with Crippen LogP contribution in [0.15, 0.2) is 24.3 Å². The number of rotatable bonds is 2. The van der Waals surface area contributed by atoms with Crippen molar-refractivity contribution < 1.29 is 9.53 Å². The van der Waals surface area contributed by atoms with Gasteiger partial charge in [0.25, 0.3) is 0 Å². The number of esters is 1. The number of hydrogen-bond donors (Lipinski definition) is 0. The van der Waals surface area contributed by atoms with Gasteiger partial charge in [-0.25, -0.2) is 4.79 Å². The van der Waals surface area contributed by atoms with Gasteiger partial charge >= 0.3 is 5.97 Å². The van der Waals surface area contributed by atoms with Crippen LogP contribution in [0, 0.1) is 0 Å². The SMILES string of the molecule is CCOC(=O)c1c2ccccc2nn1C. The summed E-state index contributed by atoms with van der Waals surface area (Å²) in [4.78, 5) is 11.7. The molecule has 1 heterocycles. The fourth-order valence-electron chi connectivity index (χ4n) is 1.59. The van der Waals surface area contributed by atoms with E-state index < -0.39 is 0 Å². The summed E-state index contributed by atoms with van der Waals surface area (Å²) >= 11 is 0. The van der Waals surface area contributed by atoms with E-state index in [0.717, 1.165) is 10.9 Å². The van der Waals surface area contributed by atoms with Crippen LogP contribution in [0.1, 0.15) is 17.4 Å². The highest BCUT2D eigenvalue weighted by molar-refractivity contribution is 6.02. The van der Waals surface area contributed by atoms with Crippen LogP contribution in [-0.4, -0.2) is 22.4 Å². The van der Waals surface area contributed by atoms with Gasteiger partial charge < -0.3 is 4.74 Å². The zero-order chi connectivity index (χ0) is 10.8. The average Bonchev–Trinajstić information content (AvgIpc) is 2.54. The van der Waals surface area contributed by atoms with Crippen molar-refractivity contribution in [2.24, 2.45) is 7.05 Å². The maximum atomic E-state index is 11.7. The predicted octanol–water partition coefficient (Wildman–Crippen LogP) is 1.75. The van der Waals surface area contributed by atoms with Crippen molar-refractivity contribution in [1.29, 1.82) is 0 Å². The molecule has 0 amide bonds. The Morgan fingerprint density at radius 1 is 1.47 bits per heavy atom. The molecule has 1 aromatic heterocycles. The summed E-state index contributed by atoms with van der Waals surface area (Å²) in [5.74, 6) is -0.325. The Morgan fingerprint density at radius 2 is 2.20 bits per heavy atom. The summed E-state index contributed by atoms with van der Waals surface area (Å²) in [5, 5.41) is 5.06. The molecule has 15 heavy (non-hydrogen) atoms. The maximum absolute atomic E-state index is 11.7. The van der Waals surface area contributed by atoms with Crippen molar-refractivity contribution in [1.82, 2.24) is 9.78 Å². The number of aromatic nitrogens is 2. The summed E-state index contributed by atoms with van der Waals surface area (Å²) < 4.78 is 6.53. The van der Waals surface area contributed by atoms with Gasteiger partial charge in [-0.05, 0) is 13.0 Å². The van der Waals surface area contributed by atoms with Crippen molar-refractivity contribution in [2.45, 2.75) is 6.92 Å². The monoisotopic (exact) mass is 204 g/mol. The number of benzene rings is 1. The molecule has 0 bridgehead atoms. The van der Waals surface area contributed by atoms with Crippen LogP contribution in [0.4, 0.5) is 0 Å². The van der Waals surface area contributed by atoms with Gasteiger partial charge in [0.05, 0.1) is 12.1 Å². The molecule has 0 spiro atoms. The molecule has 0 fully saturated rings. The van der Waals surface area contributed by atoms with Gasteiger partial charge in [0.15, 0.2) is 5.69 Å². The fourth-order valence-corrected chi connectivity index (χ4v) is 1.59. The highest BCUT2D eigenvalue weighted by Crippen LogP contribution is 2.17. The average molecular weight is 204 g/mol. The topological polar surface area (TPSA) is 44.1 Å². The molecule has 0 saturated heterocycles. The number of hydrogen-bond acceptors (Lipinski definition) is 3. The van der Waals surface area contributed by atoms with E-state index in [1.807, 2.05) is 24.3 Å². The molecule has 4 heteroatoms. The van der Waals surface area contributed by atoms with Crippen LogP contribution < -0.4 is 0 Å². The Morgan fingerprint density at radius 3 is 2.93 bits per heavy atom. The molecule has 0 aliphatic carbocycles. The molecule has 4 nitrogen and oxygen atoms in total. The van der Waals surface area contributed by atoms with Gasteiger partial charge in [0.2, 0.25) is 0 Å². The first-order chi connectivity index (χ1) is 7.24. The second-order valence-electron chi connectivity index (χ2n) is 3.21. The van der Waals surface area contributed by atoms with Crippen LogP contribution in [0.5, 0.6) is 0 Å². The molecule has 1 aromatic carbocycles. The van der Waals surface area contributed by atoms with E-state index >= 15 is 0 Å². The van der Waals surface area contributed by atoms with Crippen LogP contribution in [0.3, 0.4) is 0 Å². The highest BCUT2D eigenvalue weighted by atomic mass is 16.5. The number of fused-ring (bicyclic) bond motifs is 1. The molecule has 0 N–H and O–H groups in total. The van der Waals surface area contributed by atoms with Crippen LogP contribution in [0.2, 0.25) is 0 Å². The highest BCUT2D eigenvalue weighted by Gasteiger charge is 2.16. The van der Waals surface area contributed by atoms with E-state index in [4.69, 9.17) is 4.74 Å². The van der Waals surface area contributed by atoms with Crippen molar-refractivity contribution in [2.75, 3.05) is 6.61 Å². The van der Waals surface area contributed by atoms with Gasteiger partial charge in [0, 0.05) is 12.4 Å². The first kappa shape index (κ1) is 9.71. The molecule has 0 saturated carbocycles. The third-order valence-electron chi connectivity index (χ3n) is 2.21. The lowest BCUT2D eigenvalue weighted by Gasteiger charge is -2.01. The predicted molar refractivity (Wildman–Crippen MR) is 56.7 cm³/mol. The van der Waals surface area contributed by atoms with Gasteiger partial charge in [-0.15, -0.1) is 0 Å². The molecule has 0 unspecified atom stereocenters.